The van der Waals surface area contributed by atoms with Crippen LogP contribution in [0.4, 0.5) is 23.5 Å². The quantitative estimate of drug-likeness (QED) is 0.488. The summed E-state index contributed by atoms with van der Waals surface area (Å²) in [5, 5.41) is 3.41. The van der Waals surface area contributed by atoms with E-state index in [0.29, 0.717) is 5.95 Å². The zero-order valence-electron chi connectivity index (χ0n) is 18.8. The molecule has 2 fully saturated rings. The molecule has 0 radical (unpaired) electrons. The lowest BCUT2D eigenvalue weighted by Gasteiger charge is -2.30. The van der Waals surface area contributed by atoms with Crippen LogP contribution in [0, 0.1) is 0 Å². The molecule has 3 aromatic rings. The Morgan fingerprint density at radius 1 is 0.636 bits per heavy atom. The van der Waals surface area contributed by atoms with Crippen LogP contribution in [0.3, 0.4) is 0 Å². The molecule has 6 rings (SSSR count). The minimum atomic E-state index is 0.0899. The van der Waals surface area contributed by atoms with Crippen molar-refractivity contribution in [2.24, 2.45) is 0 Å². The van der Waals surface area contributed by atoms with E-state index in [0.717, 1.165) is 66.0 Å². The maximum absolute atomic E-state index is 12.7. The summed E-state index contributed by atoms with van der Waals surface area (Å²) in [7, 11) is 0. The molecule has 0 bridgehead atoms. The second-order valence-electron chi connectivity index (χ2n) is 9.11. The highest BCUT2D eigenvalue weighted by atomic mass is 16.1. The van der Waals surface area contributed by atoms with E-state index in [4.69, 9.17) is 15.0 Å². The van der Waals surface area contributed by atoms with Gasteiger partial charge in [-0.15, -0.1) is 0 Å². The number of hydrogen-bond acceptors (Lipinski definition) is 7. The van der Waals surface area contributed by atoms with E-state index < -0.39 is 0 Å². The van der Waals surface area contributed by atoms with Crippen LogP contribution >= 0.6 is 0 Å². The number of fused-ring (bicyclic) bond motifs is 3. The monoisotopic (exact) mass is 440 g/mol. The first-order chi connectivity index (χ1) is 16.3. The lowest BCUT2D eigenvalue weighted by atomic mass is 10.1. The van der Waals surface area contributed by atoms with Crippen LogP contribution in [0.5, 0.6) is 0 Å². The van der Waals surface area contributed by atoms with Gasteiger partial charge in [0.1, 0.15) is 0 Å². The zero-order chi connectivity index (χ0) is 22.2. The molecular weight excluding hydrogens is 412 g/mol. The summed E-state index contributed by atoms with van der Waals surface area (Å²) in [6.45, 7) is 3.95. The predicted molar refractivity (Wildman–Crippen MR) is 131 cm³/mol. The average Bonchev–Trinajstić information content (AvgIpc) is 3.16. The van der Waals surface area contributed by atoms with Crippen LogP contribution in [0.2, 0.25) is 0 Å². The minimum absolute atomic E-state index is 0.0899. The molecule has 7 nitrogen and oxygen atoms in total. The number of nitrogens with zero attached hydrogens (tertiary/aromatic N) is 5. The Kier molecular flexibility index (Phi) is 5.17. The molecule has 2 aromatic carbocycles. The van der Waals surface area contributed by atoms with Crippen molar-refractivity contribution in [1.82, 2.24) is 15.0 Å². The molecule has 2 aliphatic heterocycles. The molecular formula is C26H28N6O. The van der Waals surface area contributed by atoms with Crippen LogP contribution in [0.25, 0.3) is 11.1 Å². The van der Waals surface area contributed by atoms with E-state index in [1.807, 2.05) is 42.5 Å². The standard InChI is InChI=1S/C26H28N6O/c33-23-20-10-4-3-9-19(20)22-17-18(11-12-21(22)23)27-24-28-25(31-13-5-1-6-14-31)30-26(29-24)32-15-7-2-8-16-32/h3-4,9-12,17H,1-2,5-8,13-16H2,(H,27,28,29,30). The van der Waals surface area contributed by atoms with Gasteiger partial charge in [-0.1, -0.05) is 24.3 Å². The summed E-state index contributed by atoms with van der Waals surface area (Å²) in [5.74, 6) is 2.17. The summed E-state index contributed by atoms with van der Waals surface area (Å²) in [5.41, 5.74) is 4.34. The van der Waals surface area contributed by atoms with Gasteiger partial charge >= 0.3 is 0 Å². The molecule has 0 atom stereocenters. The van der Waals surface area contributed by atoms with Gasteiger partial charge in [-0.05, 0) is 67.9 Å². The van der Waals surface area contributed by atoms with Crippen molar-refractivity contribution in [2.45, 2.75) is 38.5 Å². The van der Waals surface area contributed by atoms with Gasteiger partial charge in [-0.3, -0.25) is 4.79 Å². The molecule has 33 heavy (non-hydrogen) atoms. The highest BCUT2D eigenvalue weighted by Gasteiger charge is 2.26. The number of anilines is 4. The smallest absolute Gasteiger partial charge is 0.233 e. The molecule has 1 aromatic heterocycles. The van der Waals surface area contributed by atoms with Crippen molar-refractivity contribution in [3.05, 3.63) is 53.6 Å². The maximum atomic E-state index is 12.7. The average molecular weight is 441 g/mol. The van der Waals surface area contributed by atoms with Gasteiger partial charge in [0.15, 0.2) is 5.78 Å². The molecule has 0 unspecified atom stereocenters. The Labute approximate surface area is 193 Å². The first-order valence-electron chi connectivity index (χ1n) is 12.1. The van der Waals surface area contributed by atoms with E-state index in [-0.39, 0.29) is 5.78 Å². The fourth-order valence-electron chi connectivity index (χ4n) is 5.11. The van der Waals surface area contributed by atoms with Gasteiger partial charge in [0.2, 0.25) is 17.8 Å². The summed E-state index contributed by atoms with van der Waals surface area (Å²) in [4.78, 5) is 31.8. The molecule has 1 aliphatic carbocycles. The molecule has 3 aliphatic rings. The molecule has 3 heterocycles. The fraction of sp³-hybridized carbons (Fsp3) is 0.385. The lowest BCUT2D eigenvalue weighted by molar-refractivity contribution is 0.104. The minimum Gasteiger partial charge on any atom is -0.341 e. The van der Waals surface area contributed by atoms with Crippen LogP contribution in [-0.4, -0.2) is 46.9 Å². The summed E-state index contributed by atoms with van der Waals surface area (Å²) >= 11 is 0. The van der Waals surface area contributed by atoms with Gasteiger partial charge in [0, 0.05) is 43.0 Å². The third kappa shape index (κ3) is 3.81. The zero-order valence-corrected chi connectivity index (χ0v) is 18.8. The topological polar surface area (TPSA) is 74.2 Å². The highest BCUT2D eigenvalue weighted by Crippen LogP contribution is 2.38. The van der Waals surface area contributed by atoms with Crippen molar-refractivity contribution < 1.29 is 4.79 Å². The fourth-order valence-corrected chi connectivity index (χ4v) is 5.11. The third-order valence-electron chi connectivity index (χ3n) is 6.87. The Hall–Kier alpha value is -3.48. The van der Waals surface area contributed by atoms with Crippen molar-refractivity contribution in [1.29, 1.82) is 0 Å². The Morgan fingerprint density at radius 3 is 1.85 bits per heavy atom. The number of aromatic nitrogens is 3. The van der Waals surface area contributed by atoms with Crippen LogP contribution in [0.1, 0.15) is 54.4 Å². The third-order valence-corrected chi connectivity index (χ3v) is 6.87. The van der Waals surface area contributed by atoms with Crippen molar-refractivity contribution in [3.8, 4) is 11.1 Å². The van der Waals surface area contributed by atoms with Crippen LogP contribution in [-0.2, 0) is 0 Å². The first kappa shape index (κ1) is 20.1. The van der Waals surface area contributed by atoms with Crippen molar-refractivity contribution in [3.63, 3.8) is 0 Å². The van der Waals surface area contributed by atoms with E-state index in [1.54, 1.807) is 0 Å². The number of carbonyl (C=O) groups is 1. The number of piperidine rings is 2. The van der Waals surface area contributed by atoms with E-state index in [2.05, 4.69) is 15.1 Å². The molecule has 0 spiro atoms. The first-order valence-corrected chi connectivity index (χ1v) is 12.1. The number of carbonyl (C=O) groups excluding carboxylic acids is 1. The maximum Gasteiger partial charge on any atom is 0.233 e. The number of rotatable bonds is 4. The predicted octanol–water partition coefficient (Wildman–Crippen LogP) is 4.81. The number of nitrogens with one attached hydrogen (secondary N) is 1. The van der Waals surface area contributed by atoms with Gasteiger partial charge in [-0.25, -0.2) is 0 Å². The molecule has 7 heteroatoms. The Bertz CT molecular complexity index is 1160. The van der Waals surface area contributed by atoms with Gasteiger partial charge in [-0.2, -0.15) is 15.0 Å². The highest BCUT2D eigenvalue weighted by molar-refractivity contribution is 6.22. The molecule has 2 saturated heterocycles. The van der Waals surface area contributed by atoms with Crippen LogP contribution < -0.4 is 15.1 Å². The number of benzene rings is 2. The summed E-state index contributed by atoms with van der Waals surface area (Å²) in [6.07, 6.45) is 7.22. The number of ketones is 1. The second kappa shape index (κ2) is 8.46. The molecule has 0 saturated carbocycles. The summed E-state index contributed by atoms with van der Waals surface area (Å²) < 4.78 is 0. The van der Waals surface area contributed by atoms with Gasteiger partial charge in [0.05, 0.1) is 0 Å². The van der Waals surface area contributed by atoms with Crippen molar-refractivity contribution >= 4 is 29.3 Å². The van der Waals surface area contributed by atoms with Crippen LogP contribution in [0.15, 0.2) is 42.5 Å². The normalized spacial score (nSPS) is 17.6. The lowest BCUT2D eigenvalue weighted by Crippen LogP contribution is -2.34. The summed E-state index contributed by atoms with van der Waals surface area (Å²) in [6, 6.07) is 13.7. The van der Waals surface area contributed by atoms with Crippen molar-refractivity contribution in [2.75, 3.05) is 41.3 Å². The number of hydrogen-bond donors (Lipinski definition) is 1. The Balaban J connectivity index is 1.35. The van der Waals surface area contributed by atoms with E-state index in [1.165, 1.54) is 38.5 Å². The Morgan fingerprint density at radius 2 is 1.21 bits per heavy atom. The van der Waals surface area contributed by atoms with Gasteiger partial charge in [0.25, 0.3) is 0 Å². The molecule has 168 valence electrons. The largest absolute Gasteiger partial charge is 0.341 e. The van der Waals surface area contributed by atoms with E-state index in [9.17, 15) is 4.79 Å². The van der Waals surface area contributed by atoms with Gasteiger partial charge < -0.3 is 15.1 Å². The molecule has 1 N–H and O–H groups in total. The molecule has 0 amide bonds. The van der Waals surface area contributed by atoms with E-state index >= 15 is 0 Å². The SMILES string of the molecule is O=C1c2ccccc2-c2cc(Nc3nc(N4CCCCC4)nc(N4CCCCC4)n3)ccc21. The second-order valence-corrected chi connectivity index (χ2v) is 9.11.